The van der Waals surface area contributed by atoms with Gasteiger partial charge in [-0.1, -0.05) is 49.6 Å². The van der Waals surface area contributed by atoms with Gasteiger partial charge in [0.05, 0.1) is 6.10 Å². The normalized spacial score (nSPS) is 18.2. The highest BCUT2D eigenvalue weighted by molar-refractivity contribution is 7.17. The molecular formula is C30H36N2O5S. The number of hydrogen-bond donors (Lipinski definition) is 3. The molecule has 0 saturated heterocycles. The van der Waals surface area contributed by atoms with E-state index in [0.29, 0.717) is 5.92 Å². The Bertz CT molecular complexity index is 1220. The summed E-state index contributed by atoms with van der Waals surface area (Å²) in [5.74, 6) is -3.09. The van der Waals surface area contributed by atoms with Crippen LogP contribution in [0, 0.1) is 5.92 Å². The van der Waals surface area contributed by atoms with Gasteiger partial charge in [-0.3, -0.25) is 9.88 Å². The van der Waals surface area contributed by atoms with Crippen molar-refractivity contribution in [2.45, 2.75) is 57.0 Å². The van der Waals surface area contributed by atoms with Gasteiger partial charge in [0.15, 0.2) is 0 Å². The van der Waals surface area contributed by atoms with Crippen LogP contribution in [0.4, 0.5) is 0 Å². The number of fused-ring (bicyclic) bond motifs is 1. The average molecular weight is 537 g/mol. The fourth-order valence-corrected chi connectivity index (χ4v) is 6.57. The van der Waals surface area contributed by atoms with Crippen LogP contribution in [0.15, 0.2) is 60.1 Å². The molecule has 2 unspecified atom stereocenters. The fraction of sp³-hybridized carbons (Fsp3) is 0.433. The van der Waals surface area contributed by atoms with Gasteiger partial charge in [-0.2, -0.15) is 0 Å². The highest BCUT2D eigenvalue weighted by atomic mass is 32.1. The minimum atomic E-state index is -1.82. The number of aromatic nitrogens is 1. The van der Waals surface area contributed by atoms with Crippen LogP contribution in [0.5, 0.6) is 0 Å². The Morgan fingerprint density at radius 2 is 1.82 bits per heavy atom. The Morgan fingerprint density at radius 3 is 2.47 bits per heavy atom. The van der Waals surface area contributed by atoms with Crippen LogP contribution in [0.2, 0.25) is 0 Å². The second kappa shape index (κ2) is 13.6. The number of aliphatic hydroxyl groups is 1. The van der Waals surface area contributed by atoms with Gasteiger partial charge in [0.25, 0.3) is 0 Å². The number of hydrogen-bond acceptors (Lipinski definition) is 6. The van der Waals surface area contributed by atoms with Crippen LogP contribution in [0.1, 0.15) is 62.1 Å². The van der Waals surface area contributed by atoms with E-state index < -0.39 is 11.9 Å². The molecule has 2 aromatic heterocycles. The van der Waals surface area contributed by atoms with Crippen molar-refractivity contribution in [3.63, 3.8) is 0 Å². The zero-order chi connectivity index (χ0) is 26.9. The van der Waals surface area contributed by atoms with Gasteiger partial charge >= 0.3 is 11.9 Å². The third-order valence-electron chi connectivity index (χ3n) is 7.67. The van der Waals surface area contributed by atoms with Crippen LogP contribution in [-0.4, -0.2) is 62.9 Å². The van der Waals surface area contributed by atoms with Gasteiger partial charge in [0, 0.05) is 35.6 Å². The Morgan fingerprint density at radius 1 is 1.03 bits per heavy atom. The maximum absolute atomic E-state index is 11.3. The molecule has 2 atom stereocenters. The maximum atomic E-state index is 11.3. The first-order chi connectivity index (χ1) is 18.4. The second-order valence-electron chi connectivity index (χ2n) is 10.1. The van der Waals surface area contributed by atoms with Crippen LogP contribution in [0.3, 0.4) is 0 Å². The van der Waals surface area contributed by atoms with E-state index in [1.807, 2.05) is 23.6 Å². The number of aliphatic carboxylic acids is 2. The maximum Gasteiger partial charge on any atom is 0.414 e. The lowest BCUT2D eigenvalue weighted by Gasteiger charge is -2.34. The number of benzene rings is 1. The Hall–Kier alpha value is -3.07. The van der Waals surface area contributed by atoms with Crippen molar-refractivity contribution in [3.8, 4) is 0 Å². The van der Waals surface area contributed by atoms with Crippen LogP contribution in [-0.2, 0) is 9.59 Å². The summed E-state index contributed by atoms with van der Waals surface area (Å²) in [5, 5.41) is 29.6. The molecule has 202 valence electrons. The zero-order valence-electron chi connectivity index (χ0n) is 21.5. The van der Waals surface area contributed by atoms with Gasteiger partial charge in [-0.05, 0) is 78.2 Å². The molecule has 1 aliphatic carbocycles. The minimum absolute atomic E-state index is 0.129. The first kappa shape index (κ1) is 28.0. The molecule has 3 N–H and O–H groups in total. The van der Waals surface area contributed by atoms with E-state index >= 15 is 0 Å². The topological polar surface area (TPSA) is 111 Å². The summed E-state index contributed by atoms with van der Waals surface area (Å²) >= 11 is 1.85. The predicted octanol–water partition coefficient (Wildman–Crippen LogP) is 5.66. The van der Waals surface area contributed by atoms with Crippen molar-refractivity contribution < 1.29 is 24.9 Å². The van der Waals surface area contributed by atoms with Gasteiger partial charge in [-0.25, -0.2) is 9.59 Å². The molecule has 7 nitrogen and oxygen atoms in total. The molecule has 0 radical (unpaired) electrons. The molecule has 1 fully saturated rings. The molecule has 1 aromatic carbocycles. The minimum Gasteiger partial charge on any atom is -0.473 e. The van der Waals surface area contributed by atoms with E-state index in [4.69, 9.17) is 19.8 Å². The lowest BCUT2D eigenvalue weighted by Crippen LogP contribution is -2.35. The molecule has 5 rings (SSSR count). The van der Waals surface area contributed by atoms with Crippen molar-refractivity contribution in [1.29, 1.82) is 0 Å². The standard InChI is InChI=1S/C28H34N2OS.C2H2O4/c31-27(22-7-2-1-3-8-22)25(26-11-4-5-16-29-26)14-19-30-17-12-21(13-18-30)24-10-6-9-23-15-20-32-28(23)24;3-1(4)2(5)6/h4-6,9-12,15-16,20,22,25,27,31H,1-3,7-8,13-14,17-19H2;(H,3,4)(H,5,6). The van der Waals surface area contributed by atoms with Crippen molar-refractivity contribution in [2.24, 2.45) is 5.92 Å². The Kier molecular flexibility index (Phi) is 10.0. The molecule has 1 saturated carbocycles. The molecule has 0 bridgehead atoms. The molecule has 0 spiro atoms. The van der Waals surface area contributed by atoms with E-state index in [2.05, 4.69) is 57.7 Å². The summed E-state index contributed by atoms with van der Waals surface area (Å²) in [6.45, 7) is 3.09. The SMILES string of the molecule is O=C(O)C(=O)O.OC(C1CCCCC1)C(CCN1CC=C(c2cccc3ccsc23)CC1)c1ccccn1. The highest BCUT2D eigenvalue weighted by Gasteiger charge is 2.31. The third kappa shape index (κ3) is 7.28. The quantitative estimate of drug-likeness (QED) is 0.334. The third-order valence-corrected chi connectivity index (χ3v) is 8.63. The van der Waals surface area contributed by atoms with E-state index in [1.165, 1.54) is 40.5 Å². The van der Waals surface area contributed by atoms with Gasteiger partial charge in [-0.15, -0.1) is 11.3 Å². The summed E-state index contributed by atoms with van der Waals surface area (Å²) in [7, 11) is 0. The van der Waals surface area contributed by atoms with E-state index in [-0.39, 0.29) is 12.0 Å². The average Bonchev–Trinajstić information content (AvgIpc) is 3.44. The smallest absolute Gasteiger partial charge is 0.414 e. The number of nitrogens with zero attached hydrogens (tertiary/aromatic N) is 2. The van der Waals surface area contributed by atoms with Gasteiger partial charge < -0.3 is 15.3 Å². The van der Waals surface area contributed by atoms with Gasteiger partial charge in [0.1, 0.15) is 0 Å². The number of pyridine rings is 1. The highest BCUT2D eigenvalue weighted by Crippen LogP contribution is 2.36. The number of carboxylic acid groups (broad SMARTS) is 2. The second-order valence-corrected chi connectivity index (χ2v) is 11.0. The van der Waals surface area contributed by atoms with E-state index in [0.717, 1.165) is 51.0 Å². The first-order valence-corrected chi connectivity index (χ1v) is 14.2. The molecule has 0 amide bonds. The number of rotatable bonds is 7. The predicted molar refractivity (Wildman–Crippen MR) is 150 cm³/mol. The lowest BCUT2D eigenvalue weighted by atomic mass is 9.78. The molecule has 3 aromatic rings. The molecule has 3 heterocycles. The monoisotopic (exact) mass is 536 g/mol. The number of carbonyl (C=O) groups is 2. The summed E-state index contributed by atoms with van der Waals surface area (Å²) in [4.78, 5) is 25.4. The summed E-state index contributed by atoms with van der Waals surface area (Å²) in [5.41, 5.74) is 3.96. The lowest BCUT2D eigenvalue weighted by molar-refractivity contribution is -0.159. The Balaban J connectivity index is 0.000000505. The summed E-state index contributed by atoms with van der Waals surface area (Å²) in [6, 6.07) is 15.0. The molecule has 38 heavy (non-hydrogen) atoms. The van der Waals surface area contributed by atoms with E-state index in [1.54, 1.807) is 0 Å². The van der Waals surface area contributed by atoms with Crippen LogP contribution in [0.25, 0.3) is 15.7 Å². The molecule has 2 aliphatic rings. The van der Waals surface area contributed by atoms with E-state index in [9.17, 15) is 5.11 Å². The fourth-order valence-electron chi connectivity index (χ4n) is 5.62. The summed E-state index contributed by atoms with van der Waals surface area (Å²) < 4.78 is 1.41. The largest absolute Gasteiger partial charge is 0.473 e. The molecule has 1 aliphatic heterocycles. The van der Waals surface area contributed by atoms with Crippen LogP contribution >= 0.6 is 11.3 Å². The van der Waals surface area contributed by atoms with Crippen molar-refractivity contribution in [3.05, 3.63) is 71.4 Å². The number of aliphatic hydroxyl groups excluding tert-OH is 1. The molecular weight excluding hydrogens is 500 g/mol. The Labute approximate surface area is 227 Å². The van der Waals surface area contributed by atoms with Gasteiger partial charge in [0.2, 0.25) is 0 Å². The first-order valence-electron chi connectivity index (χ1n) is 13.4. The van der Waals surface area contributed by atoms with Crippen LogP contribution < -0.4 is 0 Å². The number of thiophene rings is 1. The zero-order valence-corrected chi connectivity index (χ0v) is 22.4. The van der Waals surface area contributed by atoms with Crippen molar-refractivity contribution in [2.75, 3.05) is 19.6 Å². The van der Waals surface area contributed by atoms with Crippen molar-refractivity contribution >= 4 is 38.9 Å². The van der Waals surface area contributed by atoms with Crippen molar-refractivity contribution in [1.82, 2.24) is 9.88 Å². The molecule has 8 heteroatoms. The number of carboxylic acids is 2. The summed E-state index contributed by atoms with van der Waals surface area (Å²) in [6.07, 6.45) is 12.2.